The Morgan fingerprint density at radius 3 is 2.39 bits per heavy atom. The van der Waals surface area contributed by atoms with Crippen molar-refractivity contribution in [2.75, 3.05) is 26.0 Å². The van der Waals surface area contributed by atoms with Gasteiger partial charge in [0.15, 0.2) is 0 Å². The van der Waals surface area contributed by atoms with Crippen LogP contribution in [-0.4, -0.2) is 54.4 Å². The number of carbonyl (C=O) groups is 3. The third kappa shape index (κ3) is 4.95. The van der Waals surface area contributed by atoms with Gasteiger partial charge in [0.05, 0.1) is 31.0 Å². The number of amides is 4. The molecule has 0 bridgehead atoms. The van der Waals surface area contributed by atoms with E-state index in [0.29, 0.717) is 34.2 Å². The zero-order valence-electron chi connectivity index (χ0n) is 21.0. The van der Waals surface area contributed by atoms with Crippen LogP contribution in [0.4, 0.5) is 10.5 Å². The third-order valence-corrected chi connectivity index (χ3v) is 7.15. The number of nitrogens with zero attached hydrogens (tertiary/aromatic N) is 2. The molecule has 0 aliphatic carbocycles. The van der Waals surface area contributed by atoms with Crippen molar-refractivity contribution in [3.63, 3.8) is 0 Å². The largest absolute Gasteiger partial charge is 0.497 e. The molecule has 0 spiro atoms. The molecule has 0 unspecified atom stereocenters. The molecule has 2 aliphatic heterocycles. The highest BCUT2D eigenvalue weighted by Gasteiger charge is 2.46. The molecular formula is C29H27ClN4O4. The van der Waals surface area contributed by atoms with E-state index in [9.17, 15) is 14.4 Å². The fraction of sp³-hybridized carbons (Fsp3) is 0.207. The van der Waals surface area contributed by atoms with Gasteiger partial charge < -0.3 is 20.3 Å². The van der Waals surface area contributed by atoms with Crippen molar-refractivity contribution in [3.05, 3.63) is 106 Å². The molecule has 38 heavy (non-hydrogen) atoms. The molecule has 8 nitrogen and oxygen atoms in total. The maximum atomic E-state index is 14.0. The maximum absolute atomic E-state index is 14.0. The van der Waals surface area contributed by atoms with E-state index in [-0.39, 0.29) is 24.4 Å². The molecule has 0 fully saturated rings. The van der Waals surface area contributed by atoms with Crippen LogP contribution in [-0.2, 0) is 16.0 Å². The van der Waals surface area contributed by atoms with Crippen LogP contribution in [0.1, 0.15) is 17.2 Å². The van der Waals surface area contributed by atoms with Crippen molar-refractivity contribution in [1.82, 2.24) is 15.1 Å². The number of anilines is 1. The molecule has 2 atom stereocenters. The lowest BCUT2D eigenvalue weighted by molar-refractivity contribution is -0.134. The number of urea groups is 1. The highest BCUT2D eigenvalue weighted by molar-refractivity contribution is 6.30. The highest BCUT2D eigenvalue weighted by atomic mass is 35.5. The molecule has 3 aromatic carbocycles. The van der Waals surface area contributed by atoms with Gasteiger partial charge in [0.1, 0.15) is 11.8 Å². The number of rotatable bonds is 7. The molecule has 2 aliphatic rings. The second kappa shape index (κ2) is 10.6. The van der Waals surface area contributed by atoms with E-state index in [0.717, 1.165) is 11.1 Å². The van der Waals surface area contributed by atoms with Gasteiger partial charge >= 0.3 is 6.03 Å². The molecular weight excluding hydrogens is 504 g/mol. The Balaban J connectivity index is 1.47. The molecule has 3 aromatic rings. The van der Waals surface area contributed by atoms with Crippen LogP contribution in [0.3, 0.4) is 0 Å². The first kappa shape index (κ1) is 25.4. The van der Waals surface area contributed by atoms with Gasteiger partial charge in [-0.2, -0.15) is 0 Å². The van der Waals surface area contributed by atoms with E-state index in [4.69, 9.17) is 16.3 Å². The van der Waals surface area contributed by atoms with Gasteiger partial charge in [-0.15, -0.1) is 0 Å². The molecule has 9 heteroatoms. The monoisotopic (exact) mass is 530 g/mol. The molecule has 0 saturated heterocycles. The number of halogens is 1. The number of methoxy groups -OCH3 is 1. The van der Waals surface area contributed by atoms with Gasteiger partial charge in [0.2, 0.25) is 5.91 Å². The van der Waals surface area contributed by atoms with Crippen LogP contribution in [0.5, 0.6) is 5.75 Å². The summed E-state index contributed by atoms with van der Waals surface area (Å²) in [6, 6.07) is 21.8. The molecule has 2 heterocycles. The fourth-order valence-corrected chi connectivity index (χ4v) is 4.95. The molecule has 194 valence electrons. The summed E-state index contributed by atoms with van der Waals surface area (Å²) in [5.74, 6) is 0.0543. The zero-order valence-corrected chi connectivity index (χ0v) is 21.7. The van der Waals surface area contributed by atoms with E-state index in [1.165, 1.54) is 4.90 Å². The number of ether oxygens (including phenoxy) is 1. The Kier molecular flexibility index (Phi) is 7.07. The Morgan fingerprint density at radius 2 is 1.74 bits per heavy atom. The van der Waals surface area contributed by atoms with Crippen LogP contribution in [0.2, 0.25) is 5.02 Å². The average molecular weight is 531 g/mol. The first-order valence-electron chi connectivity index (χ1n) is 12.2. The Labute approximate surface area is 225 Å². The predicted octanol–water partition coefficient (Wildman–Crippen LogP) is 4.39. The van der Waals surface area contributed by atoms with E-state index in [1.807, 2.05) is 30.3 Å². The number of benzene rings is 3. The summed E-state index contributed by atoms with van der Waals surface area (Å²) < 4.78 is 5.21. The van der Waals surface area contributed by atoms with Crippen molar-refractivity contribution >= 4 is 35.1 Å². The number of hydrogen-bond acceptors (Lipinski definition) is 4. The number of hydrogen-bond donors (Lipinski definition) is 2. The molecule has 0 saturated carbocycles. The van der Waals surface area contributed by atoms with E-state index in [2.05, 4.69) is 10.6 Å². The molecule has 0 radical (unpaired) electrons. The summed E-state index contributed by atoms with van der Waals surface area (Å²) >= 11 is 6.07. The Hall–Kier alpha value is -4.30. The highest BCUT2D eigenvalue weighted by Crippen LogP contribution is 2.37. The Bertz CT molecular complexity index is 1390. The van der Waals surface area contributed by atoms with Gasteiger partial charge in [0, 0.05) is 24.2 Å². The first-order chi connectivity index (χ1) is 18.4. The van der Waals surface area contributed by atoms with Crippen molar-refractivity contribution in [3.8, 4) is 5.75 Å². The maximum Gasteiger partial charge on any atom is 0.322 e. The second-order valence-electron chi connectivity index (χ2n) is 9.21. The summed E-state index contributed by atoms with van der Waals surface area (Å²) in [5.41, 5.74) is 3.27. The standard InChI is InChI=1S/C29H27ClN4O4/c1-33-24-17-34(28(36)25(24)26(32-29(33)37)19-8-10-20(30)11-9-19)23(16-18-6-4-3-5-7-18)27(35)31-21-12-14-22(38-2)15-13-21/h3-15,23,26H,16-17H2,1-2H3,(H,31,35)(H,32,37)/t23-,26-/m0/s1. The van der Waals surface area contributed by atoms with Crippen LogP contribution >= 0.6 is 11.6 Å². The smallest absolute Gasteiger partial charge is 0.322 e. The lowest BCUT2D eigenvalue weighted by atomic mass is 9.95. The molecule has 0 aromatic heterocycles. The van der Waals surface area contributed by atoms with E-state index in [1.54, 1.807) is 67.6 Å². The predicted molar refractivity (Wildman–Crippen MR) is 145 cm³/mol. The van der Waals surface area contributed by atoms with Crippen LogP contribution in [0.15, 0.2) is 90.1 Å². The summed E-state index contributed by atoms with van der Waals surface area (Å²) in [5, 5.41) is 6.42. The lowest BCUT2D eigenvalue weighted by Crippen LogP contribution is -2.47. The third-order valence-electron chi connectivity index (χ3n) is 6.90. The summed E-state index contributed by atoms with van der Waals surface area (Å²) in [6.07, 6.45) is 0.311. The van der Waals surface area contributed by atoms with Crippen molar-refractivity contribution < 1.29 is 19.1 Å². The zero-order chi connectivity index (χ0) is 26.8. The van der Waals surface area contributed by atoms with Gasteiger partial charge in [-0.3, -0.25) is 14.5 Å². The van der Waals surface area contributed by atoms with Crippen molar-refractivity contribution in [2.24, 2.45) is 0 Å². The minimum atomic E-state index is -0.813. The normalized spacial score (nSPS) is 17.7. The van der Waals surface area contributed by atoms with Gasteiger partial charge in [0.25, 0.3) is 5.91 Å². The number of carbonyl (C=O) groups excluding carboxylic acids is 3. The fourth-order valence-electron chi connectivity index (χ4n) is 4.83. The summed E-state index contributed by atoms with van der Waals surface area (Å²) in [7, 11) is 3.20. The lowest BCUT2D eigenvalue weighted by Gasteiger charge is -2.31. The molecule has 4 amide bonds. The summed E-state index contributed by atoms with van der Waals surface area (Å²) in [4.78, 5) is 43.5. The minimum absolute atomic E-state index is 0.135. The second-order valence-corrected chi connectivity index (χ2v) is 9.65. The van der Waals surface area contributed by atoms with Crippen LogP contribution in [0.25, 0.3) is 0 Å². The average Bonchev–Trinajstić information content (AvgIpc) is 3.27. The van der Waals surface area contributed by atoms with Gasteiger partial charge in [-0.1, -0.05) is 54.1 Å². The van der Waals surface area contributed by atoms with Crippen LogP contribution < -0.4 is 15.4 Å². The number of nitrogens with one attached hydrogen (secondary N) is 2. The van der Waals surface area contributed by atoms with Gasteiger partial charge in [-0.25, -0.2) is 4.79 Å². The topological polar surface area (TPSA) is 91.0 Å². The quantitative estimate of drug-likeness (QED) is 0.474. The van der Waals surface area contributed by atoms with Crippen molar-refractivity contribution in [2.45, 2.75) is 18.5 Å². The van der Waals surface area contributed by atoms with Crippen molar-refractivity contribution in [1.29, 1.82) is 0 Å². The number of likely N-dealkylation sites (N-methyl/N-ethyl adjacent to an activating group) is 1. The van der Waals surface area contributed by atoms with Crippen LogP contribution in [0, 0.1) is 0 Å². The van der Waals surface area contributed by atoms with Gasteiger partial charge in [-0.05, 0) is 47.5 Å². The summed E-state index contributed by atoms with van der Waals surface area (Å²) in [6.45, 7) is 0.135. The van der Waals surface area contributed by atoms with E-state index >= 15 is 0 Å². The molecule has 5 rings (SSSR count). The first-order valence-corrected chi connectivity index (χ1v) is 12.6. The molecule has 2 N–H and O–H groups in total. The minimum Gasteiger partial charge on any atom is -0.497 e. The SMILES string of the molecule is COc1ccc(NC(=O)[C@H](Cc2ccccc2)N2CC3=C(C2=O)[C@H](c2ccc(Cl)cc2)NC(=O)N3C)cc1. The Morgan fingerprint density at radius 1 is 1.05 bits per heavy atom. The van der Waals surface area contributed by atoms with E-state index < -0.39 is 12.1 Å².